The topological polar surface area (TPSA) is 56.7 Å². The number of quaternary nitrogens is 1. The maximum absolute atomic E-state index is 9.92. The van der Waals surface area contributed by atoms with Crippen molar-refractivity contribution in [1.29, 1.82) is 0 Å². The van der Waals surface area contributed by atoms with Gasteiger partial charge in [0.25, 0.3) is 0 Å². The van der Waals surface area contributed by atoms with Crippen LogP contribution in [-0.4, -0.2) is 5.97 Å². The van der Waals surface area contributed by atoms with E-state index < -0.39 is 5.97 Å². The van der Waals surface area contributed by atoms with E-state index in [1.54, 1.807) is 0 Å². The summed E-state index contributed by atoms with van der Waals surface area (Å²) in [4.78, 5) is 9.92. The molecule has 0 unspecified atom stereocenters. The van der Waals surface area contributed by atoms with Crippen LogP contribution in [0.2, 0.25) is 0 Å². The molecular formula is C22H31NO2. The molecule has 0 aliphatic heterocycles. The molecule has 2 rings (SSSR count). The summed E-state index contributed by atoms with van der Waals surface area (Å²) in [6.07, 6.45) is 5.61. The van der Waals surface area contributed by atoms with Gasteiger partial charge < -0.3 is 15.2 Å². The van der Waals surface area contributed by atoms with Gasteiger partial charge in [0.1, 0.15) is 13.1 Å². The highest BCUT2D eigenvalue weighted by molar-refractivity contribution is 5.64. The number of carbonyl (C=O) groups excluding carboxylic acids is 1. The Morgan fingerprint density at radius 1 is 0.800 bits per heavy atom. The first-order valence-corrected chi connectivity index (χ1v) is 9.31. The molecule has 0 aliphatic rings. The Bertz CT molecular complexity index is 515. The summed E-state index contributed by atoms with van der Waals surface area (Å²) >= 11 is 0. The molecule has 0 aliphatic carbocycles. The summed E-state index contributed by atoms with van der Waals surface area (Å²) in [5, 5.41) is 12.2. The molecule has 0 aromatic heterocycles. The van der Waals surface area contributed by atoms with E-state index in [1.807, 2.05) is 0 Å². The van der Waals surface area contributed by atoms with Crippen molar-refractivity contribution >= 4 is 5.97 Å². The second-order valence-electron chi connectivity index (χ2n) is 6.20. The summed E-state index contributed by atoms with van der Waals surface area (Å²) in [5.74, 6) is -0.920. The van der Waals surface area contributed by atoms with Crippen LogP contribution >= 0.6 is 0 Å². The molecule has 2 aromatic rings. The van der Waals surface area contributed by atoms with Gasteiger partial charge in [-0.2, -0.15) is 0 Å². The molecule has 2 N–H and O–H groups in total. The van der Waals surface area contributed by atoms with Crippen LogP contribution in [0, 0.1) is 0 Å². The highest BCUT2D eigenvalue weighted by Gasteiger charge is 1.95. The molecule has 2 aromatic carbocycles. The number of rotatable bonds is 10. The van der Waals surface area contributed by atoms with Gasteiger partial charge in [0.15, 0.2) is 0 Å². The number of hydrogen-bond acceptors (Lipinski definition) is 2. The molecule has 0 spiro atoms. The van der Waals surface area contributed by atoms with Crippen LogP contribution in [0.4, 0.5) is 0 Å². The lowest BCUT2D eigenvalue weighted by molar-refractivity contribution is -0.686. The number of benzene rings is 2. The second kappa shape index (κ2) is 14.2. The van der Waals surface area contributed by atoms with E-state index >= 15 is 0 Å². The average molecular weight is 341 g/mol. The number of carboxylic acids is 1. The predicted molar refractivity (Wildman–Crippen MR) is 101 cm³/mol. The van der Waals surface area contributed by atoms with E-state index in [4.69, 9.17) is 0 Å². The predicted octanol–water partition coefficient (Wildman–Crippen LogP) is 3.05. The number of unbranched alkanes of at least 4 members (excludes halogenated alkanes) is 4. The molecule has 3 nitrogen and oxygen atoms in total. The lowest BCUT2D eigenvalue weighted by Gasteiger charge is -2.01. The van der Waals surface area contributed by atoms with Crippen LogP contribution in [0.15, 0.2) is 60.7 Å². The number of carboxylic acid groups (broad SMARTS) is 1. The summed E-state index contributed by atoms with van der Waals surface area (Å²) in [6, 6.07) is 21.1. The highest BCUT2D eigenvalue weighted by atomic mass is 16.4. The maximum atomic E-state index is 9.92. The van der Waals surface area contributed by atoms with Crippen LogP contribution in [0.3, 0.4) is 0 Å². The van der Waals surface area contributed by atoms with Gasteiger partial charge in [0, 0.05) is 17.1 Å². The Morgan fingerprint density at radius 2 is 1.28 bits per heavy atom. The van der Waals surface area contributed by atoms with Crippen molar-refractivity contribution in [2.45, 2.75) is 58.5 Å². The van der Waals surface area contributed by atoms with Crippen molar-refractivity contribution in [3.63, 3.8) is 0 Å². The Balaban J connectivity index is 0.000000275. The van der Waals surface area contributed by atoms with Gasteiger partial charge >= 0.3 is 0 Å². The zero-order valence-electron chi connectivity index (χ0n) is 15.3. The summed E-state index contributed by atoms with van der Waals surface area (Å²) in [7, 11) is 0. The molecule has 0 amide bonds. The van der Waals surface area contributed by atoms with E-state index in [-0.39, 0.29) is 6.42 Å². The van der Waals surface area contributed by atoms with E-state index in [2.05, 4.69) is 72.9 Å². The first-order valence-electron chi connectivity index (χ1n) is 9.31. The minimum Gasteiger partial charge on any atom is -0.550 e. The molecule has 0 saturated heterocycles. The number of nitrogens with two attached hydrogens (primary N) is 1. The number of hydrogen-bond donors (Lipinski definition) is 1. The second-order valence-corrected chi connectivity index (χ2v) is 6.20. The van der Waals surface area contributed by atoms with Gasteiger partial charge in [-0.3, -0.25) is 0 Å². The molecular weight excluding hydrogens is 310 g/mol. The van der Waals surface area contributed by atoms with Crippen molar-refractivity contribution in [1.82, 2.24) is 0 Å². The Hall–Kier alpha value is -2.13. The Kier molecular flexibility index (Phi) is 11.9. The van der Waals surface area contributed by atoms with E-state index in [0.29, 0.717) is 0 Å². The monoisotopic (exact) mass is 341 g/mol. The minimum absolute atomic E-state index is 0.226. The largest absolute Gasteiger partial charge is 0.550 e. The zero-order chi connectivity index (χ0) is 18.2. The van der Waals surface area contributed by atoms with E-state index in [9.17, 15) is 9.90 Å². The van der Waals surface area contributed by atoms with Crippen LogP contribution < -0.4 is 10.4 Å². The summed E-state index contributed by atoms with van der Waals surface area (Å²) < 4.78 is 0. The SMILES string of the molecule is CCCCCCCC(=O)[O-].c1ccc(C[NH2+]Cc2ccccc2)cc1. The van der Waals surface area contributed by atoms with Crippen molar-refractivity contribution in [3.05, 3.63) is 71.8 Å². The molecule has 0 saturated carbocycles. The molecule has 0 fully saturated rings. The summed E-state index contributed by atoms with van der Waals surface area (Å²) in [6.45, 7) is 4.24. The molecule has 0 atom stereocenters. The Labute approximate surface area is 152 Å². The van der Waals surface area contributed by atoms with Crippen LogP contribution in [0.25, 0.3) is 0 Å². The molecule has 25 heavy (non-hydrogen) atoms. The Morgan fingerprint density at radius 3 is 1.72 bits per heavy atom. The third-order valence-electron chi connectivity index (χ3n) is 3.93. The zero-order valence-corrected chi connectivity index (χ0v) is 15.3. The van der Waals surface area contributed by atoms with Crippen LogP contribution in [0.1, 0.15) is 56.6 Å². The first kappa shape index (κ1) is 20.9. The lowest BCUT2D eigenvalue weighted by Crippen LogP contribution is -2.80. The number of carbonyl (C=O) groups is 1. The van der Waals surface area contributed by atoms with Gasteiger partial charge in [0.05, 0.1) is 0 Å². The quantitative estimate of drug-likeness (QED) is 0.675. The van der Waals surface area contributed by atoms with Gasteiger partial charge in [-0.05, 0) is 12.8 Å². The van der Waals surface area contributed by atoms with Gasteiger partial charge in [-0.1, -0.05) is 93.3 Å². The average Bonchev–Trinajstić information content (AvgIpc) is 2.64. The van der Waals surface area contributed by atoms with Crippen molar-refractivity contribution < 1.29 is 15.2 Å². The fraction of sp³-hybridized carbons (Fsp3) is 0.409. The van der Waals surface area contributed by atoms with E-state index in [0.717, 1.165) is 32.4 Å². The smallest absolute Gasteiger partial charge is 0.101 e. The molecule has 136 valence electrons. The van der Waals surface area contributed by atoms with Crippen molar-refractivity contribution in [3.8, 4) is 0 Å². The van der Waals surface area contributed by atoms with Crippen molar-refractivity contribution in [2.75, 3.05) is 0 Å². The minimum atomic E-state index is -0.920. The molecule has 0 radical (unpaired) electrons. The molecule has 3 heteroatoms. The fourth-order valence-corrected chi connectivity index (χ4v) is 2.51. The first-order chi connectivity index (χ1) is 12.2. The van der Waals surface area contributed by atoms with Gasteiger partial charge in [-0.25, -0.2) is 0 Å². The van der Waals surface area contributed by atoms with Crippen LogP contribution in [0.5, 0.6) is 0 Å². The van der Waals surface area contributed by atoms with Gasteiger partial charge in [-0.15, -0.1) is 0 Å². The highest BCUT2D eigenvalue weighted by Crippen LogP contribution is 2.03. The standard InChI is InChI=1S/C14H15N.C8H16O2/c1-3-7-13(8-4-1)11-15-12-14-9-5-2-6-10-14;1-2-3-4-5-6-7-8(9)10/h1-10,15H,11-12H2;2-7H2,1H3,(H,9,10). The van der Waals surface area contributed by atoms with E-state index in [1.165, 1.54) is 24.0 Å². The third-order valence-corrected chi connectivity index (χ3v) is 3.93. The van der Waals surface area contributed by atoms with Gasteiger partial charge in [0.2, 0.25) is 0 Å². The maximum Gasteiger partial charge on any atom is 0.101 e. The lowest BCUT2D eigenvalue weighted by atomic mass is 10.1. The van der Waals surface area contributed by atoms with Crippen molar-refractivity contribution in [2.24, 2.45) is 0 Å². The number of aliphatic carboxylic acids is 1. The fourth-order valence-electron chi connectivity index (χ4n) is 2.51. The van der Waals surface area contributed by atoms with Crippen LogP contribution in [-0.2, 0) is 17.9 Å². The third kappa shape index (κ3) is 12.0. The molecule has 0 bridgehead atoms. The normalized spacial score (nSPS) is 9.96. The molecule has 0 heterocycles. The summed E-state index contributed by atoms with van der Waals surface area (Å²) in [5.41, 5.74) is 2.77.